The molecular weight excluding hydrogens is 456 g/mol. The molecule has 3 amide bonds. The van der Waals surface area contributed by atoms with E-state index in [-0.39, 0.29) is 24.7 Å². The lowest BCUT2D eigenvalue weighted by Crippen LogP contribution is -2.58. The maximum absolute atomic E-state index is 13.0. The van der Waals surface area contributed by atoms with Crippen LogP contribution >= 0.6 is 0 Å². The van der Waals surface area contributed by atoms with E-state index in [0.29, 0.717) is 18.5 Å². The molecule has 1 aromatic rings. The van der Waals surface area contributed by atoms with Crippen molar-refractivity contribution in [2.24, 2.45) is 5.92 Å². The Kier molecular flexibility index (Phi) is 10.7. The van der Waals surface area contributed by atoms with Gasteiger partial charge in [-0.25, -0.2) is 4.79 Å². The van der Waals surface area contributed by atoms with E-state index < -0.39 is 54.3 Å². The maximum Gasteiger partial charge on any atom is 0.326 e. The van der Waals surface area contributed by atoms with E-state index in [0.717, 1.165) is 6.42 Å². The minimum atomic E-state index is -1.29. The van der Waals surface area contributed by atoms with Gasteiger partial charge < -0.3 is 31.5 Å². The van der Waals surface area contributed by atoms with E-state index in [1.807, 2.05) is 0 Å². The number of carbonyl (C=O) groups is 5. The molecule has 1 fully saturated rings. The van der Waals surface area contributed by atoms with Crippen LogP contribution in [0.4, 0.5) is 0 Å². The van der Waals surface area contributed by atoms with Crippen molar-refractivity contribution in [3.63, 3.8) is 0 Å². The average molecular weight is 491 g/mol. The minimum absolute atomic E-state index is 0.0145. The predicted molar refractivity (Wildman–Crippen MR) is 126 cm³/mol. The van der Waals surface area contributed by atoms with Crippen LogP contribution in [0.5, 0.6) is 0 Å². The van der Waals surface area contributed by atoms with Gasteiger partial charge in [0.1, 0.15) is 18.1 Å². The van der Waals surface area contributed by atoms with Crippen molar-refractivity contribution in [1.82, 2.24) is 21.3 Å². The van der Waals surface area contributed by atoms with Gasteiger partial charge in [0.25, 0.3) is 0 Å². The number of carbonyl (C=O) groups excluding carboxylic acids is 3. The maximum atomic E-state index is 13.0. The quantitative estimate of drug-likeness (QED) is 0.225. The van der Waals surface area contributed by atoms with Crippen LogP contribution in [-0.4, -0.2) is 70.6 Å². The fourth-order valence-electron chi connectivity index (χ4n) is 3.82. The Morgan fingerprint density at radius 2 is 1.63 bits per heavy atom. The average Bonchev–Trinajstić information content (AvgIpc) is 3.34. The monoisotopic (exact) mass is 490 g/mol. The molecule has 11 heteroatoms. The highest BCUT2D eigenvalue weighted by molar-refractivity contribution is 5.94. The van der Waals surface area contributed by atoms with Crippen LogP contribution in [0.15, 0.2) is 30.3 Å². The summed E-state index contributed by atoms with van der Waals surface area (Å²) in [5, 5.41) is 29.3. The number of hydrogen-bond acceptors (Lipinski definition) is 6. The standard InChI is InChI=1S/C24H34N4O7/c1-14(2)20(28-21(31)16-9-6-12-25-16)23(33)26-17(10-11-19(29)30)22(32)27-18(24(34)35)13-15-7-4-3-5-8-15/h3-5,7-8,14,16-18,20,25H,6,9-13H2,1-2H3,(H,26,33)(H,27,32)(H,28,31)(H,29,30)(H,34,35). The zero-order valence-electron chi connectivity index (χ0n) is 20.0. The van der Waals surface area contributed by atoms with E-state index in [2.05, 4.69) is 21.3 Å². The molecule has 2 rings (SSSR count). The summed E-state index contributed by atoms with van der Waals surface area (Å²) in [6.07, 6.45) is 0.856. The molecule has 0 saturated carbocycles. The lowest BCUT2D eigenvalue weighted by Gasteiger charge is -2.27. The number of carboxylic acid groups (broad SMARTS) is 2. The van der Waals surface area contributed by atoms with Crippen molar-refractivity contribution in [1.29, 1.82) is 0 Å². The van der Waals surface area contributed by atoms with Crippen molar-refractivity contribution in [2.75, 3.05) is 6.54 Å². The molecule has 0 radical (unpaired) electrons. The van der Waals surface area contributed by atoms with Crippen molar-refractivity contribution < 1.29 is 34.2 Å². The van der Waals surface area contributed by atoms with Gasteiger partial charge in [0.05, 0.1) is 6.04 Å². The van der Waals surface area contributed by atoms with Gasteiger partial charge in [-0.05, 0) is 37.3 Å². The van der Waals surface area contributed by atoms with Crippen molar-refractivity contribution >= 4 is 29.7 Å². The summed E-state index contributed by atoms with van der Waals surface area (Å²) in [5.74, 6) is -4.52. The van der Waals surface area contributed by atoms with Gasteiger partial charge in [0.2, 0.25) is 17.7 Å². The largest absolute Gasteiger partial charge is 0.481 e. The molecule has 192 valence electrons. The van der Waals surface area contributed by atoms with E-state index in [4.69, 9.17) is 5.11 Å². The van der Waals surface area contributed by atoms with Gasteiger partial charge in [0, 0.05) is 12.8 Å². The first-order valence-corrected chi connectivity index (χ1v) is 11.7. The molecular formula is C24H34N4O7. The molecule has 1 aliphatic heterocycles. The van der Waals surface area contributed by atoms with Gasteiger partial charge in [0.15, 0.2) is 0 Å². The second kappa shape index (κ2) is 13.4. The molecule has 0 bridgehead atoms. The summed E-state index contributed by atoms with van der Waals surface area (Å²) in [7, 11) is 0. The summed E-state index contributed by atoms with van der Waals surface area (Å²) in [4.78, 5) is 61.3. The van der Waals surface area contributed by atoms with Crippen LogP contribution < -0.4 is 21.3 Å². The highest BCUT2D eigenvalue weighted by Gasteiger charge is 2.33. The lowest BCUT2D eigenvalue weighted by molar-refractivity contribution is -0.143. The number of benzene rings is 1. The molecule has 6 N–H and O–H groups in total. The second-order valence-corrected chi connectivity index (χ2v) is 8.96. The van der Waals surface area contributed by atoms with Crippen LogP contribution in [0, 0.1) is 5.92 Å². The van der Waals surface area contributed by atoms with Gasteiger partial charge in [-0.15, -0.1) is 0 Å². The fourth-order valence-corrected chi connectivity index (χ4v) is 3.82. The Labute approximate surface area is 204 Å². The summed E-state index contributed by atoms with van der Waals surface area (Å²) in [6.45, 7) is 4.18. The number of nitrogens with one attached hydrogen (secondary N) is 4. The van der Waals surface area contributed by atoms with Gasteiger partial charge in [-0.3, -0.25) is 19.2 Å². The molecule has 0 aromatic heterocycles. The molecule has 4 unspecified atom stereocenters. The summed E-state index contributed by atoms with van der Waals surface area (Å²) in [6, 6.07) is 4.79. The Morgan fingerprint density at radius 1 is 0.971 bits per heavy atom. The third-order valence-electron chi connectivity index (χ3n) is 5.80. The Morgan fingerprint density at radius 3 is 2.17 bits per heavy atom. The van der Waals surface area contributed by atoms with Crippen molar-refractivity contribution in [3.05, 3.63) is 35.9 Å². The highest BCUT2D eigenvalue weighted by Crippen LogP contribution is 2.10. The molecule has 1 aliphatic rings. The third-order valence-corrected chi connectivity index (χ3v) is 5.80. The fraction of sp³-hybridized carbons (Fsp3) is 0.542. The van der Waals surface area contributed by atoms with Crippen LogP contribution in [0.2, 0.25) is 0 Å². The molecule has 35 heavy (non-hydrogen) atoms. The highest BCUT2D eigenvalue weighted by atomic mass is 16.4. The van der Waals surface area contributed by atoms with Crippen molar-refractivity contribution in [2.45, 2.75) is 70.1 Å². The van der Waals surface area contributed by atoms with Gasteiger partial charge >= 0.3 is 11.9 Å². The Bertz CT molecular complexity index is 900. The number of rotatable bonds is 13. The Hall–Kier alpha value is -3.47. The second-order valence-electron chi connectivity index (χ2n) is 8.96. The topological polar surface area (TPSA) is 174 Å². The molecule has 11 nitrogen and oxygen atoms in total. The van der Waals surface area contributed by atoms with Crippen LogP contribution in [0.1, 0.15) is 45.1 Å². The molecule has 0 aliphatic carbocycles. The van der Waals surface area contributed by atoms with E-state index >= 15 is 0 Å². The number of amides is 3. The van der Waals surface area contributed by atoms with E-state index in [1.54, 1.807) is 44.2 Å². The number of hydrogen-bond donors (Lipinski definition) is 6. The molecule has 1 saturated heterocycles. The third kappa shape index (κ3) is 9.01. The predicted octanol–water partition coefficient (Wildman–Crippen LogP) is 0.0409. The molecule has 1 heterocycles. The molecule has 0 spiro atoms. The van der Waals surface area contributed by atoms with Crippen LogP contribution in [-0.2, 0) is 30.4 Å². The first-order chi connectivity index (χ1) is 16.6. The summed E-state index contributed by atoms with van der Waals surface area (Å²) < 4.78 is 0. The Balaban J connectivity index is 2.11. The lowest BCUT2D eigenvalue weighted by atomic mass is 10.0. The SMILES string of the molecule is CC(C)C(NC(=O)C1CCCN1)C(=O)NC(CCC(=O)O)C(=O)NC(Cc1ccccc1)C(=O)O. The normalized spacial score (nSPS) is 17.7. The molecule has 1 aromatic carbocycles. The number of carboxylic acids is 2. The van der Waals surface area contributed by atoms with Crippen LogP contribution in [0.3, 0.4) is 0 Å². The number of aliphatic carboxylic acids is 2. The summed E-state index contributed by atoms with van der Waals surface area (Å²) in [5.41, 5.74) is 0.689. The minimum Gasteiger partial charge on any atom is -0.481 e. The summed E-state index contributed by atoms with van der Waals surface area (Å²) >= 11 is 0. The van der Waals surface area contributed by atoms with Gasteiger partial charge in [-0.2, -0.15) is 0 Å². The zero-order chi connectivity index (χ0) is 26.0. The zero-order valence-corrected chi connectivity index (χ0v) is 20.0. The van der Waals surface area contributed by atoms with E-state index in [1.165, 1.54) is 0 Å². The smallest absolute Gasteiger partial charge is 0.326 e. The first kappa shape index (κ1) is 27.8. The first-order valence-electron chi connectivity index (χ1n) is 11.7. The van der Waals surface area contributed by atoms with E-state index in [9.17, 15) is 29.1 Å². The molecule has 4 atom stereocenters. The van der Waals surface area contributed by atoms with Gasteiger partial charge in [-0.1, -0.05) is 44.2 Å². The van der Waals surface area contributed by atoms with Crippen molar-refractivity contribution in [3.8, 4) is 0 Å². The van der Waals surface area contributed by atoms with Crippen LogP contribution in [0.25, 0.3) is 0 Å².